The summed E-state index contributed by atoms with van der Waals surface area (Å²) in [5.74, 6) is 0. The first-order valence-corrected chi connectivity index (χ1v) is 6.10. The highest BCUT2D eigenvalue weighted by Gasteiger charge is 2.06. The van der Waals surface area contributed by atoms with Crippen molar-refractivity contribution in [1.82, 2.24) is 24.5 Å². The normalized spacial score (nSPS) is 10.3. The van der Waals surface area contributed by atoms with Crippen molar-refractivity contribution < 1.29 is 11.0 Å². The fourth-order valence-corrected chi connectivity index (χ4v) is 2.29. The highest BCUT2D eigenvalue weighted by Crippen LogP contribution is 2.14. The lowest BCUT2D eigenvalue weighted by Crippen LogP contribution is -2.08. The van der Waals surface area contributed by atoms with Crippen molar-refractivity contribution in [3.63, 3.8) is 0 Å². The van der Waals surface area contributed by atoms with Crippen LogP contribution in [0, 0.1) is 0 Å². The lowest BCUT2D eigenvalue weighted by molar-refractivity contribution is 0.555. The molecule has 0 saturated carbocycles. The second-order valence-corrected chi connectivity index (χ2v) is 4.42. The number of rotatable bonds is 2. The van der Waals surface area contributed by atoms with Crippen LogP contribution >= 0.6 is 0 Å². The average molecular weight is 285 g/mol. The Morgan fingerprint density at radius 3 is 2.29 bits per heavy atom. The predicted molar refractivity (Wildman–Crippen MR) is 79.9 cm³/mol. The zero-order chi connectivity index (χ0) is 12.7. The molecule has 0 fully saturated rings. The number of aromatic nitrogens is 5. The number of hydrogen-bond donors (Lipinski definition) is 0. The van der Waals surface area contributed by atoms with Crippen LogP contribution in [0.1, 0.15) is 0 Å². The molecule has 4 aromatic rings. The molecule has 0 saturated heterocycles. The van der Waals surface area contributed by atoms with Crippen LogP contribution in [0.3, 0.4) is 0 Å². The third-order valence-electron chi connectivity index (χ3n) is 3.23. The molecule has 0 amide bonds. The fourth-order valence-electron chi connectivity index (χ4n) is 2.29. The van der Waals surface area contributed by atoms with Gasteiger partial charge in [-0.25, -0.2) is 9.67 Å². The minimum atomic E-state index is 0. The number of nitrogens with zero attached hydrogens (tertiary/aromatic N) is 5. The van der Waals surface area contributed by atoms with Crippen LogP contribution in [-0.2, 0) is 6.67 Å². The molecule has 0 atom stereocenters. The molecule has 21 heavy (non-hydrogen) atoms. The molecular weight excluding hydrogens is 270 g/mol. The largest absolute Gasteiger partial charge is 0.412 e. The van der Waals surface area contributed by atoms with Gasteiger partial charge in [0.25, 0.3) is 0 Å². The van der Waals surface area contributed by atoms with Gasteiger partial charge in [-0.1, -0.05) is 29.5 Å². The molecule has 0 unspecified atom stereocenters. The fraction of sp³-hybridized carbons (Fsp3) is 0.0714. The molecule has 4 rings (SSSR count). The van der Waals surface area contributed by atoms with Gasteiger partial charge in [-0.05, 0) is 24.3 Å². The zero-order valence-electron chi connectivity index (χ0n) is 11.1. The summed E-state index contributed by atoms with van der Waals surface area (Å²) in [6, 6.07) is 16.0. The van der Waals surface area contributed by atoms with Crippen molar-refractivity contribution in [3.8, 4) is 0 Å². The maximum Gasteiger partial charge on any atom is 0.120 e. The highest BCUT2D eigenvalue weighted by molar-refractivity contribution is 5.76. The quantitative estimate of drug-likeness (QED) is 0.538. The average Bonchev–Trinajstić information content (AvgIpc) is 3.05. The van der Waals surface area contributed by atoms with Gasteiger partial charge in [0, 0.05) is 0 Å². The van der Waals surface area contributed by atoms with E-state index in [-0.39, 0.29) is 11.0 Å². The van der Waals surface area contributed by atoms with Gasteiger partial charge in [-0.3, -0.25) is 0 Å². The van der Waals surface area contributed by atoms with Crippen molar-refractivity contribution in [2.75, 3.05) is 0 Å². The monoisotopic (exact) mass is 285 g/mol. The number of hydrogen-bond acceptors (Lipinski definition) is 3. The maximum atomic E-state index is 4.38. The topological polar surface area (TPSA) is 112 Å². The molecule has 2 aromatic carbocycles. The van der Waals surface area contributed by atoms with Crippen molar-refractivity contribution in [1.29, 1.82) is 0 Å². The second-order valence-electron chi connectivity index (χ2n) is 4.42. The molecule has 0 aliphatic carbocycles. The smallest absolute Gasteiger partial charge is 0.120 e. The molecule has 0 bridgehead atoms. The summed E-state index contributed by atoms with van der Waals surface area (Å²) >= 11 is 0. The van der Waals surface area contributed by atoms with E-state index in [9.17, 15) is 0 Å². The van der Waals surface area contributed by atoms with Crippen LogP contribution in [-0.4, -0.2) is 35.5 Å². The minimum absolute atomic E-state index is 0. The summed E-state index contributed by atoms with van der Waals surface area (Å²) in [5, 5.41) is 8.35. The van der Waals surface area contributed by atoms with Gasteiger partial charge in [-0.15, -0.1) is 5.10 Å². The van der Waals surface area contributed by atoms with Gasteiger partial charge in [0.05, 0.1) is 22.9 Å². The summed E-state index contributed by atoms with van der Waals surface area (Å²) in [5.41, 5.74) is 4.03. The maximum absolute atomic E-state index is 4.38. The third kappa shape index (κ3) is 2.35. The molecule has 0 aliphatic rings. The Bertz CT molecular complexity index is 796. The van der Waals surface area contributed by atoms with E-state index in [2.05, 4.69) is 25.9 Å². The van der Waals surface area contributed by atoms with Crippen LogP contribution in [0.4, 0.5) is 0 Å². The van der Waals surface area contributed by atoms with Gasteiger partial charge in [-0.2, -0.15) is 0 Å². The summed E-state index contributed by atoms with van der Waals surface area (Å²) in [4.78, 5) is 4.38. The Kier molecular flexibility index (Phi) is 3.97. The highest BCUT2D eigenvalue weighted by atomic mass is 16.0. The van der Waals surface area contributed by atoms with Gasteiger partial charge >= 0.3 is 0 Å². The Labute approximate surface area is 120 Å². The molecule has 2 aromatic heterocycles. The Hall–Kier alpha value is -2.77. The van der Waals surface area contributed by atoms with Crippen molar-refractivity contribution >= 4 is 22.1 Å². The Balaban J connectivity index is 0.000000807. The SMILES string of the molecule is O.O.c1ccc2c(c1)ncn2Cn1nnc2ccccc21. The van der Waals surface area contributed by atoms with Gasteiger partial charge in [0.1, 0.15) is 12.2 Å². The van der Waals surface area contributed by atoms with Crippen LogP contribution < -0.4 is 0 Å². The summed E-state index contributed by atoms with van der Waals surface area (Å²) in [6.07, 6.45) is 1.83. The zero-order valence-corrected chi connectivity index (χ0v) is 11.1. The van der Waals surface area contributed by atoms with Crippen LogP contribution in [0.25, 0.3) is 22.1 Å². The third-order valence-corrected chi connectivity index (χ3v) is 3.23. The van der Waals surface area contributed by atoms with Crippen molar-refractivity contribution in [3.05, 3.63) is 54.9 Å². The lowest BCUT2D eigenvalue weighted by atomic mass is 10.3. The number of imidazole rings is 1. The lowest BCUT2D eigenvalue weighted by Gasteiger charge is -2.04. The first-order valence-electron chi connectivity index (χ1n) is 6.10. The standard InChI is InChI=1S/C14H11N5.2H2O/c1-3-7-13-11(5-1)15-9-18(13)10-19-14-8-4-2-6-12(14)16-17-19;;/h1-9H,10H2;2*1H2. The molecule has 2 heterocycles. The molecule has 7 nitrogen and oxygen atoms in total. The number of benzene rings is 2. The summed E-state index contributed by atoms with van der Waals surface area (Å²) in [6.45, 7) is 0.612. The minimum Gasteiger partial charge on any atom is -0.412 e. The van der Waals surface area contributed by atoms with Crippen molar-refractivity contribution in [2.24, 2.45) is 0 Å². The first kappa shape index (κ1) is 14.6. The van der Waals surface area contributed by atoms with E-state index in [1.54, 1.807) is 0 Å². The van der Waals surface area contributed by atoms with Gasteiger partial charge in [0.2, 0.25) is 0 Å². The molecule has 4 N–H and O–H groups in total. The van der Waals surface area contributed by atoms with E-state index in [0.717, 1.165) is 22.1 Å². The van der Waals surface area contributed by atoms with E-state index < -0.39 is 0 Å². The molecule has 108 valence electrons. The van der Waals surface area contributed by atoms with Gasteiger partial charge in [0.15, 0.2) is 0 Å². The van der Waals surface area contributed by atoms with Crippen LogP contribution in [0.2, 0.25) is 0 Å². The second kappa shape index (κ2) is 5.70. The summed E-state index contributed by atoms with van der Waals surface area (Å²) < 4.78 is 3.94. The molecular formula is C14H15N5O2. The van der Waals surface area contributed by atoms with Crippen LogP contribution in [0.15, 0.2) is 54.9 Å². The molecule has 0 spiro atoms. The molecule has 0 aliphatic heterocycles. The summed E-state index contributed by atoms with van der Waals surface area (Å²) in [7, 11) is 0. The van der Waals surface area contributed by atoms with E-state index in [0.29, 0.717) is 6.67 Å². The van der Waals surface area contributed by atoms with Gasteiger partial charge < -0.3 is 15.5 Å². The molecule has 7 heteroatoms. The predicted octanol–water partition coefficient (Wildman–Crippen LogP) is 0.637. The van der Waals surface area contributed by atoms with E-state index in [4.69, 9.17) is 0 Å². The Morgan fingerprint density at radius 2 is 1.48 bits per heavy atom. The first-order chi connectivity index (χ1) is 9.42. The van der Waals surface area contributed by atoms with E-state index in [1.807, 2.05) is 53.5 Å². The van der Waals surface area contributed by atoms with E-state index in [1.165, 1.54) is 0 Å². The van der Waals surface area contributed by atoms with Crippen LogP contribution in [0.5, 0.6) is 0 Å². The number of para-hydroxylation sites is 3. The van der Waals surface area contributed by atoms with Crippen molar-refractivity contribution in [2.45, 2.75) is 6.67 Å². The van der Waals surface area contributed by atoms with E-state index >= 15 is 0 Å². The Morgan fingerprint density at radius 1 is 0.810 bits per heavy atom. The molecule has 0 radical (unpaired) electrons. The number of fused-ring (bicyclic) bond motifs is 2.